The average molecular weight is 276 g/mol. The van der Waals surface area contributed by atoms with Gasteiger partial charge >= 0.3 is 5.97 Å². The molecule has 0 saturated heterocycles. The predicted octanol–water partition coefficient (Wildman–Crippen LogP) is 0.969. The van der Waals surface area contributed by atoms with Gasteiger partial charge in [0.15, 0.2) is 0 Å². The molecule has 1 heterocycles. The number of aromatic nitrogens is 2. The maximum Gasteiger partial charge on any atom is 0.329 e. The smallest absolute Gasteiger partial charge is 0.329 e. The molecule has 1 aromatic heterocycles. The average Bonchev–Trinajstić information content (AvgIpc) is 2.45. The van der Waals surface area contributed by atoms with Crippen molar-refractivity contribution in [2.45, 2.75) is 0 Å². The van der Waals surface area contributed by atoms with Crippen LogP contribution >= 0.6 is 0 Å². The number of aliphatic carboxylic acids is 1. The number of carboxylic acids is 1. The van der Waals surface area contributed by atoms with Crippen LogP contribution < -0.4 is 15.0 Å². The minimum Gasteiger partial charge on any atom is -0.497 e. The second-order valence-electron chi connectivity index (χ2n) is 3.84. The molecule has 1 aromatic carbocycles. The summed E-state index contributed by atoms with van der Waals surface area (Å²) in [5.41, 5.74) is -0.0250. The van der Waals surface area contributed by atoms with Crippen LogP contribution in [0.25, 0.3) is 17.1 Å². The first kappa shape index (κ1) is 13.6. The summed E-state index contributed by atoms with van der Waals surface area (Å²) in [6.07, 6.45) is 3.22. The van der Waals surface area contributed by atoms with Crippen molar-refractivity contribution in [3.63, 3.8) is 0 Å². The third kappa shape index (κ3) is 2.46. The zero-order valence-corrected chi connectivity index (χ0v) is 10.9. The molecule has 0 saturated carbocycles. The first-order chi connectivity index (χ1) is 9.56. The van der Waals surface area contributed by atoms with Gasteiger partial charge in [0.25, 0.3) is 5.56 Å². The molecule has 20 heavy (non-hydrogen) atoms. The molecule has 0 radical (unpaired) electrons. The van der Waals surface area contributed by atoms with E-state index in [0.717, 1.165) is 16.8 Å². The third-order valence-corrected chi connectivity index (χ3v) is 2.66. The number of rotatable bonds is 4. The molecule has 2 rings (SSSR count). The standard InChI is InChI=1S/C13H12N2O5/c1-19-8-5-9-12(10(6-8)20-2)14-7-15(13(9)18)4-3-11(16)17/h3-7H,1-2H3,(H,16,17). The summed E-state index contributed by atoms with van der Waals surface area (Å²) in [6.45, 7) is 0. The van der Waals surface area contributed by atoms with Gasteiger partial charge < -0.3 is 14.6 Å². The molecule has 0 aliphatic heterocycles. The van der Waals surface area contributed by atoms with Crippen LogP contribution in [0.15, 0.2) is 29.3 Å². The van der Waals surface area contributed by atoms with Gasteiger partial charge in [-0.15, -0.1) is 0 Å². The van der Waals surface area contributed by atoms with E-state index in [0.29, 0.717) is 17.0 Å². The topological polar surface area (TPSA) is 90.7 Å². The second kappa shape index (κ2) is 5.43. The Hall–Kier alpha value is -2.83. The first-order valence-corrected chi connectivity index (χ1v) is 5.61. The Kier molecular flexibility index (Phi) is 3.69. The van der Waals surface area contributed by atoms with E-state index in [1.807, 2.05) is 0 Å². The summed E-state index contributed by atoms with van der Waals surface area (Å²) in [6, 6.07) is 3.14. The molecule has 104 valence electrons. The molecule has 7 heteroatoms. The van der Waals surface area contributed by atoms with E-state index in [1.54, 1.807) is 6.07 Å². The van der Waals surface area contributed by atoms with Gasteiger partial charge in [-0.3, -0.25) is 9.36 Å². The summed E-state index contributed by atoms with van der Waals surface area (Å²) in [5, 5.41) is 8.86. The summed E-state index contributed by atoms with van der Waals surface area (Å²) in [5.74, 6) is -0.292. The molecule has 0 fully saturated rings. The zero-order valence-electron chi connectivity index (χ0n) is 10.9. The van der Waals surface area contributed by atoms with E-state index in [4.69, 9.17) is 14.6 Å². The van der Waals surface area contributed by atoms with Crippen LogP contribution in [0, 0.1) is 0 Å². The highest BCUT2D eigenvalue weighted by Gasteiger charge is 2.10. The van der Waals surface area contributed by atoms with Gasteiger partial charge in [0.1, 0.15) is 23.3 Å². The van der Waals surface area contributed by atoms with E-state index < -0.39 is 11.5 Å². The molecule has 7 nitrogen and oxygen atoms in total. The first-order valence-electron chi connectivity index (χ1n) is 5.61. The van der Waals surface area contributed by atoms with Crippen molar-refractivity contribution in [2.24, 2.45) is 0 Å². The number of hydrogen-bond donors (Lipinski definition) is 1. The number of ether oxygens (including phenoxy) is 2. The molecular weight excluding hydrogens is 264 g/mol. The van der Waals surface area contributed by atoms with Crippen LogP contribution in [0.5, 0.6) is 11.5 Å². The Morgan fingerprint density at radius 1 is 1.35 bits per heavy atom. The lowest BCUT2D eigenvalue weighted by molar-refractivity contribution is -0.131. The minimum atomic E-state index is -1.15. The molecule has 0 unspecified atom stereocenters. The maximum atomic E-state index is 12.2. The monoisotopic (exact) mass is 276 g/mol. The second-order valence-corrected chi connectivity index (χ2v) is 3.84. The SMILES string of the molecule is COc1cc(OC)c2ncn(C=CC(=O)O)c(=O)c2c1. The Balaban J connectivity index is 2.71. The third-order valence-electron chi connectivity index (χ3n) is 2.66. The van der Waals surface area contributed by atoms with E-state index in [-0.39, 0.29) is 5.39 Å². The van der Waals surface area contributed by atoms with Gasteiger partial charge in [0.2, 0.25) is 0 Å². The highest BCUT2D eigenvalue weighted by molar-refractivity contribution is 5.86. The molecule has 0 amide bonds. The summed E-state index contributed by atoms with van der Waals surface area (Å²) in [4.78, 5) is 26.8. The largest absolute Gasteiger partial charge is 0.497 e. The summed E-state index contributed by atoms with van der Waals surface area (Å²) >= 11 is 0. The van der Waals surface area contributed by atoms with Gasteiger partial charge in [-0.25, -0.2) is 9.78 Å². The predicted molar refractivity (Wildman–Crippen MR) is 72.1 cm³/mol. The fraction of sp³-hybridized carbons (Fsp3) is 0.154. The van der Waals surface area contributed by atoms with Gasteiger partial charge in [0.05, 0.1) is 19.6 Å². The molecular formula is C13H12N2O5. The van der Waals surface area contributed by atoms with Gasteiger partial charge in [-0.1, -0.05) is 0 Å². The number of fused-ring (bicyclic) bond motifs is 1. The normalized spacial score (nSPS) is 10.9. The van der Waals surface area contributed by atoms with Crippen molar-refractivity contribution < 1.29 is 19.4 Å². The Morgan fingerprint density at radius 2 is 2.10 bits per heavy atom. The van der Waals surface area contributed by atoms with E-state index >= 15 is 0 Å². The molecule has 0 aliphatic rings. The van der Waals surface area contributed by atoms with E-state index in [2.05, 4.69) is 4.98 Å². The van der Waals surface area contributed by atoms with Crippen LogP contribution in [0.1, 0.15) is 0 Å². The van der Waals surface area contributed by atoms with Gasteiger partial charge in [-0.2, -0.15) is 0 Å². The van der Waals surface area contributed by atoms with Gasteiger partial charge in [-0.05, 0) is 6.07 Å². The highest BCUT2D eigenvalue weighted by Crippen LogP contribution is 2.27. The number of methoxy groups -OCH3 is 2. The fourth-order valence-electron chi connectivity index (χ4n) is 1.71. The minimum absolute atomic E-state index is 0.277. The lowest BCUT2D eigenvalue weighted by atomic mass is 10.2. The highest BCUT2D eigenvalue weighted by atomic mass is 16.5. The van der Waals surface area contributed by atoms with Crippen molar-refractivity contribution in [3.8, 4) is 11.5 Å². The van der Waals surface area contributed by atoms with Crippen molar-refractivity contribution in [3.05, 3.63) is 34.9 Å². The molecule has 0 bridgehead atoms. The Bertz CT molecular complexity index is 748. The van der Waals surface area contributed by atoms with Crippen LogP contribution in [0.3, 0.4) is 0 Å². The molecule has 0 aliphatic carbocycles. The lowest BCUT2D eigenvalue weighted by Crippen LogP contribution is -2.16. The maximum absolute atomic E-state index is 12.2. The number of hydrogen-bond acceptors (Lipinski definition) is 5. The summed E-state index contributed by atoms with van der Waals surface area (Å²) < 4.78 is 11.3. The van der Waals surface area contributed by atoms with Crippen molar-refractivity contribution in [2.75, 3.05) is 14.2 Å². The quantitative estimate of drug-likeness (QED) is 0.837. The van der Waals surface area contributed by atoms with Crippen LogP contribution in [0.2, 0.25) is 0 Å². The summed E-state index contributed by atoms with van der Waals surface area (Å²) in [7, 11) is 2.94. The molecule has 0 atom stereocenters. The van der Waals surface area contributed by atoms with E-state index in [1.165, 1.54) is 26.6 Å². The number of benzene rings is 1. The molecule has 1 N–H and O–H groups in total. The Morgan fingerprint density at radius 3 is 2.70 bits per heavy atom. The number of carbonyl (C=O) groups is 1. The molecule has 0 spiro atoms. The van der Waals surface area contributed by atoms with Crippen molar-refractivity contribution in [1.82, 2.24) is 9.55 Å². The number of carboxylic acid groups (broad SMARTS) is 1. The van der Waals surface area contributed by atoms with Crippen LogP contribution in [-0.4, -0.2) is 34.8 Å². The zero-order chi connectivity index (χ0) is 14.7. The lowest BCUT2D eigenvalue weighted by Gasteiger charge is -2.08. The van der Waals surface area contributed by atoms with Gasteiger partial charge in [0, 0.05) is 18.3 Å². The van der Waals surface area contributed by atoms with Crippen LogP contribution in [-0.2, 0) is 4.79 Å². The number of nitrogens with zero attached hydrogens (tertiary/aromatic N) is 2. The van der Waals surface area contributed by atoms with Crippen LogP contribution in [0.4, 0.5) is 0 Å². The molecule has 2 aromatic rings. The van der Waals surface area contributed by atoms with Crippen molar-refractivity contribution in [1.29, 1.82) is 0 Å². The fourth-order valence-corrected chi connectivity index (χ4v) is 1.71. The van der Waals surface area contributed by atoms with Crippen molar-refractivity contribution >= 4 is 23.1 Å². The Labute approximate surface area is 113 Å². The van der Waals surface area contributed by atoms with E-state index in [9.17, 15) is 9.59 Å².